The van der Waals surface area contributed by atoms with Crippen molar-refractivity contribution < 1.29 is 0 Å². The molecule has 1 atom stereocenters. The Morgan fingerprint density at radius 1 is 1.00 bits per heavy atom. The molecule has 2 aliphatic heterocycles. The van der Waals surface area contributed by atoms with Crippen molar-refractivity contribution in [1.29, 1.82) is 0 Å². The van der Waals surface area contributed by atoms with Gasteiger partial charge in [-0.2, -0.15) is 0 Å². The molecule has 0 aromatic heterocycles. The van der Waals surface area contributed by atoms with E-state index in [1.807, 2.05) is 0 Å². The van der Waals surface area contributed by atoms with E-state index in [1.165, 1.54) is 38.0 Å². The average Bonchev–Trinajstić information content (AvgIpc) is 2.79. The Morgan fingerprint density at radius 3 is 2.33 bits per heavy atom. The summed E-state index contributed by atoms with van der Waals surface area (Å²) < 4.78 is 0. The third-order valence-electron chi connectivity index (χ3n) is 6.51. The Morgan fingerprint density at radius 2 is 1.70 bits per heavy atom. The lowest BCUT2D eigenvalue weighted by molar-refractivity contribution is 0.109. The van der Waals surface area contributed by atoms with Gasteiger partial charge in [-0.15, -0.1) is 0 Å². The standard InChI is InChI=1S/C24H42N6/c1-4-25-24(26-19-21(3)30-17-15-28(5-2)16-18-30)27-23-11-13-29(14-12-23)20-22-9-7-6-8-10-22/h6-10,21,23H,4-5,11-20H2,1-3H3,(H2,25,26,27). The second-order valence-electron chi connectivity index (χ2n) is 8.72. The van der Waals surface area contributed by atoms with E-state index in [0.717, 1.165) is 51.8 Å². The van der Waals surface area contributed by atoms with Crippen molar-refractivity contribution >= 4 is 5.96 Å². The lowest BCUT2D eigenvalue weighted by Crippen LogP contribution is -2.51. The number of rotatable bonds is 8. The third-order valence-corrected chi connectivity index (χ3v) is 6.51. The minimum absolute atomic E-state index is 0.493. The van der Waals surface area contributed by atoms with Crippen LogP contribution in [0.5, 0.6) is 0 Å². The highest BCUT2D eigenvalue weighted by atomic mass is 15.3. The third kappa shape index (κ3) is 7.25. The molecule has 2 aliphatic rings. The van der Waals surface area contributed by atoms with Crippen molar-refractivity contribution in [3.05, 3.63) is 35.9 Å². The van der Waals surface area contributed by atoms with E-state index in [0.29, 0.717) is 12.1 Å². The van der Waals surface area contributed by atoms with E-state index in [9.17, 15) is 0 Å². The first-order chi connectivity index (χ1) is 14.7. The number of nitrogens with zero attached hydrogens (tertiary/aromatic N) is 4. The van der Waals surface area contributed by atoms with E-state index in [1.54, 1.807) is 0 Å². The number of hydrogen-bond donors (Lipinski definition) is 2. The predicted molar refractivity (Wildman–Crippen MR) is 127 cm³/mol. The second kappa shape index (κ2) is 12.3. The Hall–Kier alpha value is -1.63. The molecule has 2 saturated heterocycles. The summed E-state index contributed by atoms with van der Waals surface area (Å²) in [6, 6.07) is 11.8. The molecule has 0 aliphatic carbocycles. The molecule has 6 nitrogen and oxygen atoms in total. The summed E-state index contributed by atoms with van der Waals surface area (Å²) in [5.74, 6) is 0.984. The van der Waals surface area contributed by atoms with E-state index in [4.69, 9.17) is 4.99 Å². The normalized spacial score (nSPS) is 21.5. The zero-order valence-corrected chi connectivity index (χ0v) is 19.3. The molecule has 0 saturated carbocycles. The van der Waals surface area contributed by atoms with Gasteiger partial charge in [0.1, 0.15) is 0 Å². The molecule has 1 aromatic rings. The fraction of sp³-hybridized carbons (Fsp3) is 0.708. The van der Waals surface area contributed by atoms with Gasteiger partial charge in [0.05, 0.1) is 6.54 Å². The lowest BCUT2D eigenvalue weighted by Gasteiger charge is -2.37. The van der Waals surface area contributed by atoms with Gasteiger partial charge in [0.2, 0.25) is 0 Å². The van der Waals surface area contributed by atoms with Crippen molar-refractivity contribution in [3.8, 4) is 0 Å². The van der Waals surface area contributed by atoms with E-state index in [-0.39, 0.29) is 0 Å². The van der Waals surface area contributed by atoms with Crippen LogP contribution in [0, 0.1) is 0 Å². The van der Waals surface area contributed by atoms with Gasteiger partial charge in [0, 0.05) is 64.4 Å². The number of aliphatic imine (C=N–C) groups is 1. The van der Waals surface area contributed by atoms with Crippen LogP contribution in [0.2, 0.25) is 0 Å². The number of hydrogen-bond acceptors (Lipinski definition) is 4. The molecule has 0 amide bonds. The SMILES string of the molecule is CCNC(=NCC(C)N1CCN(CC)CC1)NC1CCN(Cc2ccccc2)CC1. The van der Waals surface area contributed by atoms with Gasteiger partial charge in [-0.05, 0) is 38.8 Å². The van der Waals surface area contributed by atoms with Crippen LogP contribution >= 0.6 is 0 Å². The van der Waals surface area contributed by atoms with Gasteiger partial charge < -0.3 is 15.5 Å². The number of benzene rings is 1. The minimum Gasteiger partial charge on any atom is -0.357 e. The van der Waals surface area contributed by atoms with Crippen LogP contribution in [0.25, 0.3) is 0 Å². The Balaban J connectivity index is 1.42. The first kappa shape index (κ1) is 23.0. The highest BCUT2D eigenvalue weighted by molar-refractivity contribution is 5.80. The highest BCUT2D eigenvalue weighted by Gasteiger charge is 2.22. The van der Waals surface area contributed by atoms with Gasteiger partial charge in [0.25, 0.3) is 0 Å². The molecule has 0 spiro atoms. The van der Waals surface area contributed by atoms with Gasteiger partial charge >= 0.3 is 0 Å². The molecular weight excluding hydrogens is 372 g/mol. The van der Waals surface area contributed by atoms with Gasteiger partial charge in [-0.3, -0.25) is 14.8 Å². The van der Waals surface area contributed by atoms with Crippen molar-refractivity contribution in [2.75, 3.05) is 58.9 Å². The highest BCUT2D eigenvalue weighted by Crippen LogP contribution is 2.14. The number of piperidine rings is 1. The number of piperazine rings is 1. The topological polar surface area (TPSA) is 46.1 Å². The van der Waals surface area contributed by atoms with Crippen LogP contribution in [0.1, 0.15) is 39.2 Å². The second-order valence-corrected chi connectivity index (χ2v) is 8.72. The monoisotopic (exact) mass is 414 g/mol. The molecule has 168 valence electrons. The average molecular weight is 415 g/mol. The zero-order valence-electron chi connectivity index (χ0n) is 19.3. The molecule has 2 fully saturated rings. The number of nitrogens with one attached hydrogen (secondary N) is 2. The van der Waals surface area contributed by atoms with Crippen LogP contribution in [0.15, 0.2) is 35.3 Å². The molecule has 0 radical (unpaired) electrons. The van der Waals surface area contributed by atoms with Crippen LogP contribution in [0.4, 0.5) is 0 Å². The maximum absolute atomic E-state index is 4.93. The fourth-order valence-corrected chi connectivity index (χ4v) is 4.45. The lowest BCUT2D eigenvalue weighted by atomic mass is 10.0. The van der Waals surface area contributed by atoms with Crippen molar-refractivity contribution in [2.45, 2.75) is 52.2 Å². The summed E-state index contributed by atoms with van der Waals surface area (Å²) >= 11 is 0. The van der Waals surface area contributed by atoms with Gasteiger partial charge in [-0.25, -0.2) is 0 Å². The maximum atomic E-state index is 4.93. The molecule has 2 heterocycles. The Bertz CT molecular complexity index is 618. The van der Waals surface area contributed by atoms with Gasteiger partial charge in [0.15, 0.2) is 5.96 Å². The molecule has 30 heavy (non-hydrogen) atoms. The quantitative estimate of drug-likeness (QED) is 0.505. The Labute approximate surface area is 183 Å². The molecular formula is C24H42N6. The van der Waals surface area contributed by atoms with E-state index >= 15 is 0 Å². The number of guanidine groups is 1. The summed E-state index contributed by atoms with van der Waals surface area (Å²) in [4.78, 5) is 12.6. The zero-order chi connectivity index (χ0) is 21.2. The number of likely N-dealkylation sites (N-methyl/N-ethyl adjacent to an activating group) is 1. The summed E-state index contributed by atoms with van der Waals surface area (Å²) in [6.45, 7) is 17.7. The van der Waals surface area contributed by atoms with Crippen LogP contribution < -0.4 is 10.6 Å². The van der Waals surface area contributed by atoms with Crippen molar-refractivity contribution in [2.24, 2.45) is 4.99 Å². The fourth-order valence-electron chi connectivity index (χ4n) is 4.45. The van der Waals surface area contributed by atoms with E-state index in [2.05, 4.69) is 76.4 Å². The van der Waals surface area contributed by atoms with E-state index < -0.39 is 0 Å². The largest absolute Gasteiger partial charge is 0.357 e. The van der Waals surface area contributed by atoms with Crippen molar-refractivity contribution in [3.63, 3.8) is 0 Å². The molecule has 6 heteroatoms. The molecule has 1 unspecified atom stereocenters. The maximum Gasteiger partial charge on any atom is 0.191 e. The molecule has 0 bridgehead atoms. The minimum atomic E-state index is 0.493. The first-order valence-corrected chi connectivity index (χ1v) is 12.0. The summed E-state index contributed by atoms with van der Waals surface area (Å²) in [5, 5.41) is 7.16. The van der Waals surface area contributed by atoms with Crippen LogP contribution in [-0.2, 0) is 6.54 Å². The number of likely N-dealkylation sites (tertiary alicyclic amines) is 1. The van der Waals surface area contributed by atoms with Crippen molar-refractivity contribution in [1.82, 2.24) is 25.3 Å². The molecule has 2 N–H and O–H groups in total. The first-order valence-electron chi connectivity index (χ1n) is 12.0. The summed E-state index contributed by atoms with van der Waals surface area (Å²) in [5.41, 5.74) is 1.41. The summed E-state index contributed by atoms with van der Waals surface area (Å²) in [6.07, 6.45) is 2.34. The predicted octanol–water partition coefficient (Wildman–Crippen LogP) is 2.23. The molecule has 3 rings (SSSR count). The van der Waals surface area contributed by atoms with Gasteiger partial charge in [-0.1, -0.05) is 37.3 Å². The Kier molecular flexibility index (Phi) is 9.43. The van der Waals surface area contributed by atoms with Crippen LogP contribution in [-0.4, -0.2) is 91.6 Å². The summed E-state index contributed by atoms with van der Waals surface area (Å²) in [7, 11) is 0. The smallest absolute Gasteiger partial charge is 0.191 e. The van der Waals surface area contributed by atoms with Crippen LogP contribution in [0.3, 0.4) is 0 Å². The molecule has 1 aromatic carbocycles.